The number of hydrogen-bond acceptors (Lipinski definition) is 7. The van der Waals surface area contributed by atoms with Gasteiger partial charge in [0.1, 0.15) is 17.6 Å². The normalized spacial score (nSPS) is 16.6. The topological polar surface area (TPSA) is 79.5 Å². The van der Waals surface area contributed by atoms with Gasteiger partial charge in [0.25, 0.3) is 0 Å². The summed E-state index contributed by atoms with van der Waals surface area (Å²) in [4.78, 5) is 23.2. The van der Waals surface area contributed by atoms with Gasteiger partial charge < -0.3 is 24.7 Å². The number of fused-ring (bicyclic) bond motifs is 2. The Labute approximate surface area is 213 Å². The molecule has 2 aliphatic heterocycles. The third-order valence-corrected chi connectivity index (χ3v) is 7.45. The molecule has 36 heavy (non-hydrogen) atoms. The molecule has 182 valence electrons. The van der Waals surface area contributed by atoms with Crippen molar-refractivity contribution in [2.75, 3.05) is 29.9 Å². The van der Waals surface area contributed by atoms with Gasteiger partial charge in [0.2, 0.25) is 5.56 Å². The second-order valence-electron chi connectivity index (χ2n) is 8.93. The first-order chi connectivity index (χ1) is 17.6. The molecule has 0 radical (unpaired) electrons. The first-order valence-corrected chi connectivity index (χ1v) is 12.8. The molecule has 2 aromatic carbocycles. The van der Waals surface area contributed by atoms with E-state index in [1.54, 1.807) is 24.0 Å². The Balaban J connectivity index is 1.20. The van der Waals surface area contributed by atoms with Crippen LogP contribution in [-0.4, -0.2) is 29.7 Å². The summed E-state index contributed by atoms with van der Waals surface area (Å²) < 4.78 is 12.6. The highest BCUT2D eigenvalue weighted by molar-refractivity contribution is 7.99. The van der Waals surface area contributed by atoms with Crippen LogP contribution in [0.2, 0.25) is 0 Å². The van der Waals surface area contributed by atoms with Crippen LogP contribution in [0.25, 0.3) is 0 Å². The first kappa shape index (κ1) is 22.7. The molecule has 4 heterocycles. The van der Waals surface area contributed by atoms with Crippen LogP contribution in [0.4, 0.5) is 11.4 Å². The van der Waals surface area contributed by atoms with E-state index < -0.39 is 0 Å². The molecule has 2 aliphatic rings. The number of ether oxygens (including phenoxy) is 2. The number of para-hydroxylation sites is 1. The van der Waals surface area contributed by atoms with E-state index in [-0.39, 0.29) is 11.7 Å². The Morgan fingerprint density at radius 3 is 2.97 bits per heavy atom. The number of benzene rings is 2. The summed E-state index contributed by atoms with van der Waals surface area (Å²) in [5.41, 5.74) is 5.05. The maximum atomic E-state index is 11.8. The summed E-state index contributed by atoms with van der Waals surface area (Å²) in [6.07, 6.45) is 3.37. The van der Waals surface area contributed by atoms with Crippen molar-refractivity contribution in [3.63, 3.8) is 0 Å². The van der Waals surface area contributed by atoms with E-state index in [0.29, 0.717) is 19.7 Å². The maximum absolute atomic E-state index is 11.8. The fourth-order valence-corrected chi connectivity index (χ4v) is 5.61. The average molecular weight is 499 g/mol. The van der Waals surface area contributed by atoms with Gasteiger partial charge in [0.05, 0.1) is 28.6 Å². The van der Waals surface area contributed by atoms with Gasteiger partial charge in [-0.05, 0) is 55.0 Å². The van der Waals surface area contributed by atoms with Crippen molar-refractivity contribution in [3.8, 4) is 11.5 Å². The second-order valence-corrected chi connectivity index (χ2v) is 10.0. The summed E-state index contributed by atoms with van der Waals surface area (Å²) in [5.74, 6) is 1.68. The third-order valence-electron chi connectivity index (χ3n) is 6.37. The molecule has 1 atom stereocenters. The number of hydrogen-bond donors (Lipinski definition) is 2. The largest absolute Gasteiger partial charge is 0.455 e. The summed E-state index contributed by atoms with van der Waals surface area (Å²) in [6.45, 7) is 4.70. The lowest BCUT2D eigenvalue weighted by Crippen LogP contribution is -2.39. The highest BCUT2D eigenvalue weighted by Crippen LogP contribution is 2.50. The number of anilines is 2. The molecule has 6 rings (SSSR count). The summed E-state index contributed by atoms with van der Waals surface area (Å²) >= 11 is 1.70. The molecular weight excluding hydrogens is 472 g/mol. The Morgan fingerprint density at radius 2 is 2.08 bits per heavy atom. The lowest BCUT2D eigenvalue weighted by atomic mass is 10.1. The monoisotopic (exact) mass is 498 g/mol. The number of morpholine rings is 1. The van der Waals surface area contributed by atoms with E-state index in [2.05, 4.69) is 57.4 Å². The Kier molecular flexibility index (Phi) is 6.13. The molecule has 1 unspecified atom stereocenters. The van der Waals surface area contributed by atoms with Gasteiger partial charge in [-0.2, -0.15) is 0 Å². The van der Waals surface area contributed by atoms with Crippen molar-refractivity contribution in [3.05, 3.63) is 100 Å². The fraction of sp³-hybridized carbons (Fsp3) is 0.214. The molecule has 0 amide bonds. The van der Waals surface area contributed by atoms with Crippen LogP contribution < -0.4 is 20.5 Å². The smallest absolute Gasteiger partial charge is 0.249 e. The van der Waals surface area contributed by atoms with Gasteiger partial charge in [0.15, 0.2) is 0 Å². The van der Waals surface area contributed by atoms with Gasteiger partial charge in [-0.15, -0.1) is 0 Å². The van der Waals surface area contributed by atoms with Crippen molar-refractivity contribution in [2.45, 2.75) is 29.4 Å². The number of rotatable bonds is 5. The van der Waals surface area contributed by atoms with E-state index in [0.717, 1.165) is 50.5 Å². The van der Waals surface area contributed by atoms with Gasteiger partial charge in [-0.25, -0.2) is 0 Å². The molecule has 0 aliphatic carbocycles. The van der Waals surface area contributed by atoms with Gasteiger partial charge in [-0.3, -0.25) is 9.78 Å². The number of aryl methyl sites for hydroxylation is 1. The summed E-state index contributed by atoms with van der Waals surface area (Å²) in [5, 5.41) is 3.47. The summed E-state index contributed by atoms with van der Waals surface area (Å²) in [7, 11) is 0. The van der Waals surface area contributed by atoms with Crippen molar-refractivity contribution < 1.29 is 9.47 Å². The Bertz CT molecular complexity index is 1470. The van der Waals surface area contributed by atoms with Gasteiger partial charge in [0, 0.05) is 48.5 Å². The second kappa shape index (κ2) is 9.72. The minimum Gasteiger partial charge on any atom is -0.455 e. The first-order valence-electron chi connectivity index (χ1n) is 12.0. The number of aromatic nitrogens is 2. The molecule has 0 spiro atoms. The van der Waals surface area contributed by atoms with E-state index in [4.69, 9.17) is 9.47 Å². The van der Waals surface area contributed by atoms with E-state index >= 15 is 0 Å². The van der Waals surface area contributed by atoms with Crippen molar-refractivity contribution in [1.82, 2.24) is 9.97 Å². The molecule has 0 saturated carbocycles. The van der Waals surface area contributed by atoms with Crippen molar-refractivity contribution >= 4 is 23.1 Å². The highest BCUT2D eigenvalue weighted by Gasteiger charge is 2.29. The zero-order valence-electron chi connectivity index (χ0n) is 19.9. The van der Waals surface area contributed by atoms with Gasteiger partial charge in [-0.1, -0.05) is 23.9 Å². The maximum Gasteiger partial charge on any atom is 0.249 e. The molecule has 7 nitrogen and oxygen atoms in total. The zero-order valence-corrected chi connectivity index (χ0v) is 20.7. The minimum atomic E-state index is -0.155. The van der Waals surface area contributed by atoms with Crippen LogP contribution in [0, 0.1) is 6.92 Å². The van der Waals surface area contributed by atoms with Crippen LogP contribution in [-0.2, 0) is 11.3 Å². The van der Waals surface area contributed by atoms with Crippen LogP contribution in [0.3, 0.4) is 0 Å². The predicted octanol–water partition coefficient (Wildman–Crippen LogP) is 5.53. The molecule has 1 saturated heterocycles. The van der Waals surface area contributed by atoms with E-state index in [9.17, 15) is 4.79 Å². The lowest BCUT2D eigenvalue weighted by Gasteiger charge is -2.35. The Morgan fingerprint density at radius 1 is 1.14 bits per heavy atom. The quantitative estimate of drug-likeness (QED) is 0.330. The van der Waals surface area contributed by atoms with Crippen LogP contribution >= 0.6 is 11.8 Å². The number of aromatic amines is 1. The van der Waals surface area contributed by atoms with Crippen molar-refractivity contribution in [1.29, 1.82) is 0 Å². The number of H-pyrrole nitrogens is 1. The lowest BCUT2D eigenvalue weighted by molar-refractivity contribution is 0.0383. The SMILES string of the molecule is Cc1ccnc(CNc2ccc3c(c2)Sc2cccc(C4CN(c5cc[nH]c(=O)c5)CCO4)c2O3)c1. The number of pyridine rings is 2. The fourth-order valence-electron chi connectivity index (χ4n) is 4.58. The van der Waals surface area contributed by atoms with Crippen molar-refractivity contribution in [2.24, 2.45) is 0 Å². The molecule has 2 N–H and O–H groups in total. The molecule has 2 aromatic heterocycles. The third kappa shape index (κ3) is 4.69. The number of nitrogens with one attached hydrogen (secondary N) is 2. The number of nitrogens with zero attached hydrogens (tertiary/aromatic N) is 2. The molecule has 1 fully saturated rings. The molecule has 8 heteroatoms. The van der Waals surface area contributed by atoms with Crippen LogP contribution in [0.1, 0.15) is 22.9 Å². The molecule has 0 bridgehead atoms. The van der Waals surface area contributed by atoms with Gasteiger partial charge >= 0.3 is 0 Å². The van der Waals surface area contributed by atoms with E-state index in [1.165, 1.54) is 5.56 Å². The standard InChI is InChI=1S/C28H26N4O3S/c1-18-7-9-29-20(13-18)16-31-19-5-6-23-26(14-19)36-25-4-2-3-22(28(25)35-23)24-17-32(11-12-34-24)21-8-10-30-27(33)15-21/h2-10,13-15,24,31H,11-12,16-17H2,1H3,(H,30,33). The van der Waals surface area contributed by atoms with Crippen LogP contribution in [0.15, 0.2) is 87.6 Å². The van der Waals surface area contributed by atoms with E-state index in [1.807, 2.05) is 30.5 Å². The molecule has 4 aromatic rings. The summed E-state index contributed by atoms with van der Waals surface area (Å²) in [6, 6.07) is 20.0. The van der Waals surface area contributed by atoms with Crippen LogP contribution in [0.5, 0.6) is 11.5 Å². The minimum absolute atomic E-state index is 0.104. The average Bonchev–Trinajstić information content (AvgIpc) is 2.90. The molecular formula is C28H26N4O3S. The predicted molar refractivity (Wildman–Crippen MR) is 141 cm³/mol. The highest BCUT2D eigenvalue weighted by atomic mass is 32.2. The Hall–Kier alpha value is -3.75. The zero-order chi connectivity index (χ0) is 24.5.